The Morgan fingerprint density at radius 3 is 2.55 bits per heavy atom. The van der Waals surface area contributed by atoms with Gasteiger partial charge >= 0.3 is 5.97 Å². The molecule has 0 radical (unpaired) electrons. The zero-order valence-electron chi connectivity index (χ0n) is 18.4. The normalized spacial score (nSPS) is 11.8. The van der Waals surface area contributed by atoms with E-state index in [1.807, 2.05) is 4.57 Å². The van der Waals surface area contributed by atoms with Crippen LogP contribution in [-0.4, -0.2) is 66.6 Å². The molecular formula is C20H30N4O5S2. The Morgan fingerprint density at radius 2 is 1.94 bits per heavy atom. The number of imidazole rings is 1. The molecule has 0 saturated carbocycles. The number of unbranched alkanes of at least 4 members (excludes halogenated alkanes) is 1. The van der Waals surface area contributed by atoms with Crippen molar-refractivity contribution < 1.29 is 22.7 Å². The Morgan fingerprint density at radius 1 is 1.23 bits per heavy atom. The smallest absolute Gasteiger partial charge is 0.325 e. The van der Waals surface area contributed by atoms with Crippen LogP contribution >= 0.6 is 11.8 Å². The lowest BCUT2D eigenvalue weighted by molar-refractivity contribution is -0.140. The first-order valence-electron chi connectivity index (χ1n) is 10.2. The molecule has 31 heavy (non-hydrogen) atoms. The Labute approximate surface area is 187 Å². The zero-order valence-corrected chi connectivity index (χ0v) is 20.0. The van der Waals surface area contributed by atoms with E-state index in [1.54, 1.807) is 32.0 Å². The van der Waals surface area contributed by atoms with Crippen LogP contribution in [0.1, 0.15) is 33.6 Å². The number of thioether (sulfide) groups is 1. The Kier molecular flexibility index (Phi) is 9.32. The number of hydrogen-bond donors (Lipinski definition) is 1. The average Bonchev–Trinajstić information content (AvgIpc) is 3.11. The summed E-state index contributed by atoms with van der Waals surface area (Å²) in [6, 6.07) is 4.97. The number of nitrogens with one attached hydrogen (secondary N) is 1. The molecule has 1 aromatic heterocycles. The van der Waals surface area contributed by atoms with Gasteiger partial charge in [-0.15, -0.1) is 0 Å². The van der Waals surface area contributed by atoms with E-state index in [-0.39, 0.29) is 23.1 Å². The van der Waals surface area contributed by atoms with Gasteiger partial charge in [-0.25, -0.2) is 13.4 Å². The summed E-state index contributed by atoms with van der Waals surface area (Å²) in [6.45, 7) is 7.00. The molecule has 1 N–H and O–H groups in total. The molecule has 9 nitrogen and oxygen atoms in total. The van der Waals surface area contributed by atoms with Gasteiger partial charge in [0, 0.05) is 19.6 Å². The van der Waals surface area contributed by atoms with Gasteiger partial charge in [0.05, 0.1) is 28.8 Å². The molecule has 172 valence electrons. The maximum Gasteiger partial charge on any atom is 0.325 e. The molecule has 0 aliphatic carbocycles. The highest BCUT2D eigenvalue weighted by Gasteiger charge is 2.23. The molecule has 0 spiro atoms. The molecule has 0 unspecified atom stereocenters. The van der Waals surface area contributed by atoms with E-state index in [9.17, 15) is 18.0 Å². The van der Waals surface area contributed by atoms with Crippen molar-refractivity contribution in [3.8, 4) is 0 Å². The van der Waals surface area contributed by atoms with Crippen molar-refractivity contribution in [1.29, 1.82) is 0 Å². The highest BCUT2D eigenvalue weighted by Crippen LogP contribution is 2.27. The highest BCUT2D eigenvalue weighted by atomic mass is 32.2. The molecule has 2 aromatic rings. The van der Waals surface area contributed by atoms with Crippen molar-refractivity contribution in [2.75, 3.05) is 32.5 Å². The fourth-order valence-electron chi connectivity index (χ4n) is 3.03. The molecule has 1 heterocycles. The minimum atomic E-state index is -3.59. The SMILES string of the molecule is CCCCn1c(SCC(=O)NCC(=O)OC)nc2cc(S(=O)(=O)N(CC)CC)ccc21. The zero-order chi connectivity index (χ0) is 23.0. The van der Waals surface area contributed by atoms with Gasteiger partial charge in [-0.1, -0.05) is 39.0 Å². The second-order valence-corrected chi connectivity index (χ2v) is 9.66. The van der Waals surface area contributed by atoms with Gasteiger partial charge in [0.25, 0.3) is 0 Å². The van der Waals surface area contributed by atoms with E-state index < -0.39 is 16.0 Å². The first-order chi connectivity index (χ1) is 14.8. The van der Waals surface area contributed by atoms with Crippen LogP contribution in [0.2, 0.25) is 0 Å². The van der Waals surface area contributed by atoms with Gasteiger partial charge in [-0.2, -0.15) is 4.31 Å². The van der Waals surface area contributed by atoms with Crippen molar-refractivity contribution >= 4 is 44.7 Å². The summed E-state index contributed by atoms with van der Waals surface area (Å²) in [4.78, 5) is 28.0. The van der Waals surface area contributed by atoms with Crippen LogP contribution in [0.5, 0.6) is 0 Å². The van der Waals surface area contributed by atoms with Gasteiger partial charge < -0.3 is 14.6 Å². The van der Waals surface area contributed by atoms with E-state index in [0.29, 0.717) is 30.3 Å². The first-order valence-corrected chi connectivity index (χ1v) is 12.7. The minimum Gasteiger partial charge on any atom is -0.468 e. The quantitative estimate of drug-likeness (QED) is 0.374. The Bertz CT molecular complexity index is 1020. The number of esters is 1. The number of nitrogens with zero attached hydrogens (tertiary/aromatic N) is 3. The van der Waals surface area contributed by atoms with Crippen molar-refractivity contribution in [1.82, 2.24) is 19.2 Å². The van der Waals surface area contributed by atoms with Gasteiger partial charge in [0.2, 0.25) is 15.9 Å². The van der Waals surface area contributed by atoms with Crippen LogP contribution in [0.3, 0.4) is 0 Å². The maximum atomic E-state index is 12.9. The van der Waals surface area contributed by atoms with Crippen LogP contribution in [-0.2, 0) is 30.9 Å². The highest BCUT2D eigenvalue weighted by molar-refractivity contribution is 7.99. The van der Waals surface area contributed by atoms with Crippen molar-refractivity contribution in [2.24, 2.45) is 0 Å². The monoisotopic (exact) mass is 470 g/mol. The number of methoxy groups -OCH3 is 1. The summed E-state index contributed by atoms with van der Waals surface area (Å²) < 4.78 is 33.6. The molecule has 0 fully saturated rings. The van der Waals surface area contributed by atoms with Crippen molar-refractivity contribution in [3.05, 3.63) is 18.2 Å². The van der Waals surface area contributed by atoms with E-state index in [0.717, 1.165) is 18.4 Å². The average molecular weight is 471 g/mol. The van der Waals surface area contributed by atoms with Gasteiger partial charge in [0.15, 0.2) is 5.16 Å². The molecule has 1 amide bonds. The standard InChI is InChI=1S/C20H30N4O5S2/c1-5-8-11-24-17-10-9-15(31(27,28)23(6-2)7-3)12-16(17)22-20(24)30-14-18(25)21-13-19(26)29-4/h9-10,12H,5-8,11,13-14H2,1-4H3,(H,21,25). The molecule has 0 atom stereocenters. The van der Waals surface area contributed by atoms with E-state index >= 15 is 0 Å². The number of fused-ring (bicyclic) bond motifs is 1. The molecule has 0 bridgehead atoms. The summed E-state index contributed by atoms with van der Waals surface area (Å²) >= 11 is 1.25. The summed E-state index contributed by atoms with van der Waals surface area (Å²) in [5, 5.41) is 3.13. The second kappa shape index (κ2) is 11.5. The third-order valence-corrected chi connectivity index (χ3v) is 7.78. The Balaban J connectivity index is 2.31. The lowest BCUT2D eigenvalue weighted by Crippen LogP contribution is -2.31. The van der Waals surface area contributed by atoms with E-state index in [2.05, 4.69) is 22.0 Å². The fourth-order valence-corrected chi connectivity index (χ4v) is 5.38. The van der Waals surface area contributed by atoms with E-state index in [1.165, 1.54) is 23.2 Å². The summed E-state index contributed by atoms with van der Waals surface area (Å²) in [5.74, 6) is -0.749. The third-order valence-electron chi connectivity index (χ3n) is 4.75. The number of amides is 1. The van der Waals surface area contributed by atoms with Crippen LogP contribution < -0.4 is 5.32 Å². The first kappa shape index (κ1) is 25.2. The Hall–Kier alpha value is -2.11. The molecule has 11 heteroatoms. The number of carbonyl (C=O) groups excluding carboxylic acids is 2. The number of benzene rings is 1. The van der Waals surface area contributed by atoms with Crippen LogP contribution in [0, 0.1) is 0 Å². The number of hydrogen-bond acceptors (Lipinski definition) is 7. The van der Waals surface area contributed by atoms with Crippen LogP contribution in [0.15, 0.2) is 28.3 Å². The topological polar surface area (TPSA) is 111 Å². The van der Waals surface area contributed by atoms with Gasteiger partial charge in [-0.3, -0.25) is 9.59 Å². The molecule has 0 aliphatic rings. The molecule has 0 saturated heterocycles. The predicted octanol–water partition coefficient (Wildman–Crippen LogP) is 2.25. The van der Waals surface area contributed by atoms with Crippen LogP contribution in [0.25, 0.3) is 11.0 Å². The van der Waals surface area contributed by atoms with Crippen molar-refractivity contribution in [3.63, 3.8) is 0 Å². The molecule has 1 aromatic carbocycles. The van der Waals surface area contributed by atoms with Crippen molar-refractivity contribution in [2.45, 2.75) is 50.2 Å². The lowest BCUT2D eigenvalue weighted by Gasteiger charge is -2.18. The summed E-state index contributed by atoms with van der Waals surface area (Å²) in [6.07, 6.45) is 1.91. The number of sulfonamides is 1. The third kappa shape index (κ3) is 6.20. The van der Waals surface area contributed by atoms with E-state index in [4.69, 9.17) is 0 Å². The fraction of sp³-hybridized carbons (Fsp3) is 0.550. The number of rotatable bonds is 12. The van der Waals surface area contributed by atoms with Gasteiger partial charge in [-0.05, 0) is 24.6 Å². The summed E-state index contributed by atoms with van der Waals surface area (Å²) in [7, 11) is -2.33. The molecular weight excluding hydrogens is 440 g/mol. The lowest BCUT2D eigenvalue weighted by atomic mass is 10.3. The predicted molar refractivity (Wildman–Crippen MR) is 120 cm³/mol. The second-order valence-electron chi connectivity index (χ2n) is 6.78. The number of aryl methyl sites for hydroxylation is 1. The van der Waals surface area contributed by atoms with Crippen LogP contribution in [0.4, 0.5) is 0 Å². The maximum absolute atomic E-state index is 12.9. The summed E-state index contributed by atoms with van der Waals surface area (Å²) in [5.41, 5.74) is 1.39. The number of carbonyl (C=O) groups is 2. The molecule has 2 rings (SSSR count). The number of ether oxygens (including phenoxy) is 1. The largest absolute Gasteiger partial charge is 0.468 e. The van der Waals surface area contributed by atoms with Gasteiger partial charge in [0.1, 0.15) is 6.54 Å². The number of aromatic nitrogens is 2. The molecule has 0 aliphatic heterocycles. The minimum absolute atomic E-state index is 0.0804.